The molecule has 0 unspecified atom stereocenters. The third kappa shape index (κ3) is 3.27. The van der Waals surface area contributed by atoms with Gasteiger partial charge in [-0.1, -0.05) is 18.9 Å². The predicted molar refractivity (Wildman–Crippen MR) is 99.1 cm³/mol. The fraction of sp³-hybridized carbons (Fsp3) is 0.500. The molecule has 0 spiro atoms. The van der Waals surface area contributed by atoms with Crippen LogP contribution < -0.4 is 5.32 Å². The van der Waals surface area contributed by atoms with Crippen LogP contribution in [0.5, 0.6) is 5.75 Å². The summed E-state index contributed by atoms with van der Waals surface area (Å²) in [6, 6.07) is 5.58. The second-order valence-corrected chi connectivity index (χ2v) is 7.28. The van der Waals surface area contributed by atoms with Crippen molar-refractivity contribution in [3.63, 3.8) is 0 Å². The Morgan fingerprint density at radius 1 is 1.15 bits per heavy atom. The zero-order chi connectivity index (χ0) is 18.1. The highest BCUT2D eigenvalue weighted by Gasteiger charge is 2.27. The van der Waals surface area contributed by atoms with Crippen LogP contribution in [0.1, 0.15) is 42.4 Å². The summed E-state index contributed by atoms with van der Waals surface area (Å²) in [6.07, 6.45) is 4.35. The van der Waals surface area contributed by atoms with Crippen LogP contribution in [0.15, 0.2) is 18.2 Å². The summed E-state index contributed by atoms with van der Waals surface area (Å²) in [5, 5.41) is 32.9. The minimum atomic E-state index is -0.345. The molecule has 1 aromatic carbocycles. The van der Waals surface area contributed by atoms with Gasteiger partial charge in [-0.05, 0) is 43.9 Å². The first-order chi connectivity index (χ1) is 12.6. The van der Waals surface area contributed by atoms with Gasteiger partial charge in [-0.15, -0.1) is 10.2 Å². The smallest absolute Gasteiger partial charge is 0.152 e. The van der Waals surface area contributed by atoms with Gasteiger partial charge in [-0.2, -0.15) is 0 Å². The molecule has 1 aromatic heterocycles. The predicted octanol–water partition coefficient (Wildman–Crippen LogP) is 2.95. The average Bonchev–Trinajstić information content (AvgIpc) is 2.64. The maximum atomic E-state index is 10.4. The van der Waals surface area contributed by atoms with Gasteiger partial charge < -0.3 is 20.3 Å². The molecule has 2 aromatic rings. The molecular formula is C20H25N3O3. The molecule has 2 aliphatic rings. The van der Waals surface area contributed by atoms with Gasteiger partial charge in [0.05, 0.1) is 25.4 Å². The average molecular weight is 355 g/mol. The molecule has 1 aliphatic heterocycles. The van der Waals surface area contributed by atoms with Crippen molar-refractivity contribution in [1.29, 1.82) is 0 Å². The van der Waals surface area contributed by atoms with E-state index in [1.165, 1.54) is 0 Å². The Balaban J connectivity index is 1.72. The normalized spacial score (nSPS) is 22.7. The molecule has 1 fully saturated rings. The molecule has 0 radical (unpaired) electrons. The van der Waals surface area contributed by atoms with Gasteiger partial charge in [0.15, 0.2) is 5.82 Å². The molecule has 3 N–H and O–H groups in total. The third-order valence-electron chi connectivity index (χ3n) is 5.39. The Bertz CT molecular complexity index is 809. The van der Waals surface area contributed by atoms with Crippen LogP contribution in [0.4, 0.5) is 5.82 Å². The van der Waals surface area contributed by atoms with Gasteiger partial charge >= 0.3 is 0 Å². The van der Waals surface area contributed by atoms with Crippen LogP contribution in [0.25, 0.3) is 11.3 Å². The highest BCUT2D eigenvalue weighted by atomic mass is 16.5. The second-order valence-electron chi connectivity index (χ2n) is 7.28. The molecule has 0 bridgehead atoms. The molecule has 6 nitrogen and oxygen atoms in total. The van der Waals surface area contributed by atoms with Gasteiger partial charge in [-0.3, -0.25) is 0 Å². The number of phenolic OH excluding ortho intramolecular Hbond substituents is 1. The summed E-state index contributed by atoms with van der Waals surface area (Å²) in [5.41, 5.74) is 4.40. The first kappa shape index (κ1) is 17.2. The van der Waals surface area contributed by atoms with E-state index in [9.17, 15) is 10.2 Å². The fourth-order valence-electron chi connectivity index (χ4n) is 3.91. The number of fused-ring (bicyclic) bond motifs is 1. The topological polar surface area (TPSA) is 87.5 Å². The molecule has 138 valence electrons. The van der Waals surface area contributed by atoms with Crippen LogP contribution in [-0.4, -0.2) is 39.2 Å². The molecular weight excluding hydrogens is 330 g/mol. The third-order valence-corrected chi connectivity index (χ3v) is 5.39. The Labute approximate surface area is 153 Å². The van der Waals surface area contributed by atoms with E-state index in [1.54, 1.807) is 6.07 Å². The van der Waals surface area contributed by atoms with Crippen LogP contribution in [0.3, 0.4) is 0 Å². The molecule has 2 heterocycles. The quantitative estimate of drug-likeness (QED) is 0.785. The number of rotatable bonds is 3. The second kappa shape index (κ2) is 7.21. The van der Waals surface area contributed by atoms with Crippen molar-refractivity contribution in [3.05, 3.63) is 34.9 Å². The lowest BCUT2D eigenvalue weighted by molar-refractivity contribution is 0.109. The van der Waals surface area contributed by atoms with Crippen molar-refractivity contribution >= 4 is 5.82 Å². The SMILES string of the molecule is Cc1ccc(-c2nnc(N[C@@H]3CCCC[C@H]3O)c3c2COCC3)c(O)c1. The van der Waals surface area contributed by atoms with Gasteiger partial charge in [0.25, 0.3) is 0 Å². The van der Waals surface area contributed by atoms with E-state index in [4.69, 9.17) is 4.74 Å². The summed E-state index contributed by atoms with van der Waals surface area (Å²) < 4.78 is 5.66. The van der Waals surface area contributed by atoms with Gasteiger partial charge in [-0.25, -0.2) is 0 Å². The zero-order valence-corrected chi connectivity index (χ0v) is 15.0. The summed E-state index contributed by atoms with van der Waals surface area (Å²) in [5.74, 6) is 0.945. The highest BCUT2D eigenvalue weighted by Crippen LogP contribution is 2.36. The Kier molecular flexibility index (Phi) is 4.78. The van der Waals surface area contributed by atoms with E-state index in [2.05, 4.69) is 15.5 Å². The van der Waals surface area contributed by atoms with Crippen molar-refractivity contribution in [1.82, 2.24) is 10.2 Å². The van der Waals surface area contributed by atoms with E-state index in [0.717, 1.165) is 54.6 Å². The fourth-order valence-corrected chi connectivity index (χ4v) is 3.91. The number of aromatic nitrogens is 2. The van der Waals surface area contributed by atoms with Crippen molar-refractivity contribution in [3.8, 4) is 17.0 Å². The molecule has 1 saturated carbocycles. The number of aryl methyl sites for hydroxylation is 1. The Morgan fingerprint density at radius 2 is 2.00 bits per heavy atom. The van der Waals surface area contributed by atoms with Gasteiger partial charge in [0.2, 0.25) is 0 Å². The number of benzene rings is 1. The number of phenols is 1. The van der Waals surface area contributed by atoms with Crippen LogP contribution in [0, 0.1) is 6.92 Å². The number of ether oxygens (including phenoxy) is 1. The number of aliphatic hydroxyl groups excluding tert-OH is 1. The number of nitrogens with one attached hydrogen (secondary N) is 1. The molecule has 6 heteroatoms. The van der Waals surface area contributed by atoms with E-state index >= 15 is 0 Å². The van der Waals surface area contributed by atoms with Crippen LogP contribution in [0.2, 0.25) is 0 Å². The molecule has 26 heavy (non-hydrogen) atoms. The minimum absolute atomic E-state index is 0.0172. The first-order valence-corrected chi connectivity index (χ1v) is 9.34. The summed E-state index contributed by atoms with van der Waals surface area (Å²) in [4.78, 5) is 0. The lowest BCUT2D eigenvalue weighted by Crippen LogP contribution is -2.37. The van der Waals surface area contributed by atoms with Crippen molar-refractivity contribution in [2.24, 2.45) is 0 Å². The lowest BCUT2D eigenvalue weighted by atomic mass is 9.92. The number of anilines is 1. The molecule has 4 rings (SSSR count). The maximum absolute atomic E-state index is 10.4. The number of aromatic hydroxyl groups is 1. The van der Waals surface area contributed by atoms with E-state index in [-0.39, 0.29) is 17.9 Å². The zero-order valence-electron chi connectivity index (χ0n) is 15.0. The summed E-state index contributed by atoms with van der Waals surface area (Å²) in [6.45, 7) is 3.03. The standard InChI is InChI=1S/C20H25N3O3/c1-12-6-7-14(18(25)10-12)19-15-11-26-9-8-13(15)20(23-22-19)21-16-4-2-3-5-17(16)24/h6-7,10,16-17,24-25H,2-5,8-9,11H2,1H3,(H,21,23)/t16-,17-/m1/s1. The number of hydrogen-bond donors (Lipinski definition) is 3. The van der Waals surface area contributed by atoms with Crippen LogP contribution >= 0.6 is 0 Å². The van der Waals surface area contributed by atoms with E-state index in [0.29, 0.717) is 24.5 Å². The molecule has 2 atom stereocenters. The maximum Gasteiger partial charge on any atom is 0.152 e. The van der Waals surface area contributed by atoms with Crippen LogP contribution in [-0.2, 0) is 17.8 Å². The van der Waals surface area contributed by atoms with Crippen molar-refractivity contribution < 1.29 is 14.9 Å². The first-order valence-electron chi connectivity index (χ1n) is 9.34. The van der Waals surface area contributed by atoms with Crippen molar-refractivity contribution in [2.75, 3.05) is 11.9 Å². The van der Waals surface area contributed by atoms with E-state index in [1.807, 2.05) is 19.1 Å². The summed E-state index contributed by atoms with van der Waals surface area (Å²) in [7, 11) is 0. The minimum Gasteiger partial charge on any atom is -0.507 e. The number of aliphatic hydroxyl groups is 1. The number of hydrogen-bond acceptors (Lipinski definition) is 6. The molecule has 1 aliphatic carbocycles. The Hall–Kier alpha value is -2.18. The van der Waals surface area contributed by atoms with E-state index < -0.39 is 0 Å². The molecule has 0 saturated heterocycles. The summed E-state index contributed by atoms with van der Waals surface area (Å²) >= 11 is 0. The van der Waals surface area contributed by atoms with Gasteiger partial charge in [0, 0.05) is 16.7 Å². The lowest BCUT2D eigenvalue weighted by Gasteiger charge is -2.30. The van der Waals surface area contributed by atoms with Gasteiger partial charge in [0.1, 0.15) is 11.4 Å². The van der Waals surface area contributed by atoms with Crippen molar-refractivity contribution in [2.45, 2.75) is 57.8 Å². The Morgan fingerprint density at radius 3 is 2.81 bits per heavy atom. The highest BCUT2D eigenvalue weighted by molar-refractivity contribution is 5.72. The number of nitrogens with zero attached hydrogens (tertiary/aromatic N) is 2. The monoisotopic (exact) mass is 355 g/mol. The molecule has 0 amide bonds. The largest absolute Gasteiger partial charge is 0.507 e.